The van der Waals surface area contributed by atoms with Crippen LogP contribution in [0.4, 0.5) is 0 Å². The molecule has 0 saturated heterocycles. The summed E-state index contributed by atoms with van der Waals surface area (Å²) in [5.74, 6) is 0.801. The van der Waals surface area contributed by atoms with E-state index in [4.69, 9.17) is 0 Å². The highest BCUT2D eigenvalue weighted by Gasteiger charge is 2.26. The van der Waals surface area contributed by atoms with E-state index in [2.05, 4.69) is 33.9 Å². The summed E-state index contributed by atoms with van der Waals surface area (Å²) >= 11 is 1.87. The lowest BCUT2D eigenvalue weighted by Gasteiger charge is -2.24. The fourth-order valence-corrected chi connectivity index (χ4v) is 3.88. The van der Waals surface area contributed by atoms with Crippen molar-refractivity contribution in [3.05, 3.63) is 52.5 Å². The van der Waals surface area contributed by atoms with Crippen LogP contribution in [-0.4, -0.2) is 4.98 Å². The monoisotopic (exact) mass is 272 g/mol. The van der Waals surface area contributed by atoms with Gasteiger partial charge in [-0.3, -0.25) is 4.98 Å². The molecule has 1 N–H and O–H groups in total. The van der Waals surface area contributed by atoms with Crippen molar-refractivity contribution in [2.75, 3.05) is 0 Å². The fourth-order valence-electron chi connectivity index (χ4n) is 2.99. The number of rotatable bonds is 5. The minimum Gasteiger partial charge on any atom is -0.305 e. The number of thiophene rings is 1. The van der Waals surface area contributed by atoms with Gasteiger partial charge in [-0.05, 0) is 41.8 Å². The highest BCUT2D eigenvalue weighted by atomic mass is 32.1. The van der Waals surface area contributed by atoms with Crippen molar-refractivity contribution in [3.8, 4) is 0 Å². The first-order valence-corrected chi connectivity index (χ1v) is 7.97. The summed E-state index contributed by atoms with van der Waals surface area (Å²) < 4.78 is 0. The van der Waals surface area contributed by atoms with Crippen molar-refractivity contribution in [1.82, 2.24) is 10.3 Å². The molecule has 1 fully saturated rings. The summed E-state index contributed by atoms with van der Waals surface area (Å²) in [6, 6.07) is 9.09. The zero-order chi connectivity index (χ0) is 12.9. The predicted molar refractivity (Wildman–Crippen MR) is 80.1 cm³/mol. The van der Waals surface area contributed by atoms with Gasteiger partial charge in [0.1, 0.15) is 0 Å². The molecule has 0 aliphatic heterocycles. The Hall–Kier alpha value is -1.19. The van der Waals surface area contributed by atoms with Crippen LogP contribution in [0.2, 0.25) is 0 Å². The molecule has 1 atom stereocenters. The number of pyridine rings is 1. The van der Waals surface area contributed by atoms with Gasteiger partial charge in [0.15, 0.2) is 0 Å². The van der Waals surface area contributed by atoms with Gasteiger partial charge in [0.25, 0.3) is 0 Å². The van der Waals surface area contributed by atoms with Gasteiger partial charge in [0.2, 0.25) is 0 Å². The van der Waals surface area contributed by atoms with Gasteiger partial charge in [-0.1, -0.05) is 25.0 Å². The highest BCUT2D eigenvalue weighted by Crippen LogP contribution is 2.37. The van der Waals surface area contributed by atoms with E-state index in [9.17, 15) is 0 Å². The van der Waals surface area contributed by atoms with Crippen LogP contribution in [0.3, 0.4) is 0 Å². The van der Waals surface area contributed by atoms with Gasteiger partial charge in [0.05, 0.1) is 0 Å². The lowest BCUT2D eigenvalue weighted by atomic mass is 9.96. The zero-order valence-electron chi connectivity index (χ0n) is 11.1. The predicted octanol–water partition coefficient (Wildman–Crippen LogP) is 4.16. The smallest absolute Gasteiger partial charge is 0.0446 e. The summed E-state index contributed by atoms with van der Waals surface area (Å²) in [5, 5.41) is 5.93. The fraction of sp³-hybridized carbons (Fsp3) is 0.438. The molecular formula is C16H20N2S. The minimum atomic E-state index is 0.516. The summed E-state index contributed by atoms with van der Waals surface area (Å²) in [5.41, 5.74) is 1.27. The topological polar surface area (TPSA) is 24.9 Å². The molecule has 1 saturated carbocycles. The maximum Gasteiger partial charge on any atom is 0.0446 e. The van der Waals surface area contributed by atoms with Gasteiger partial charge < -0.3 is 5.32 Å². The third-order valence-corrected chi connectivity index (χ3v) is 4.93. The highest BCUT2D eigenvalue weighted by molar-refractivity contribution is 7.10. The number of hydrogen-bond donors (Lipinski definition) is 1. The standard InChI is InChI=1S/C16H20N2S/c1-2-7-14(6-1)16(15-8-4-10-19-15)18-12-13-5-3-9-17-11-13/h3-5,8-11,14,16,18H,1-2,6-7,12H2. The zero-order valence-corrected chi connectivity index (χ0v) is 11.9. The summed E-state index contributed by atoms with van der Waals surface area (Å²) in [7, 11) is 0. The maximum atomic E-state index is 4.19. The van der Waals surface area contributed by atoms with Crippen LogP contribution in [0.1, 0.15) is 42.2 Å². The minimum absolute atomic E-state index is 0.516. The summed E-state index contributed by atoms with van der Waals surface area (Å²) in [4.78, 5) is 5.67. The van der Waals surface area contributed by atoms with E-state index in [1.54, 1.807) is 0 Å². The molecule has 0 amide bonds. The van der Waals surface area contributed by atoms with E-state index >= 15 is 0 Å². The number of nitrogens with one attached hydrogen (secondary N) is 1. The third-order valence-electron chi connectivity index (χ3n) is 3.97. The van der Waals surface area contributed by atoms with Crippen LogP contribution in [0.5, 0.6) is 0 Å². The molecule has 2 aromatic heterocycles. The van der Waals surface area contributed by atoms with E-state index < -0.39 is 0 Å². The van der Waals surface area contributed by atoms with Crippen LogP contribution in [0.15, 0.2) is 42.0 Å². The Labute approximate surface area is 118 Å². The molecule has 2 nitrogen and oxygen atoms in total. The largest absolute Gasteiger partial charge is 0.305 e. The van der Waals surface area contributed by atoms with E-state index in [1.807, 2.05) is 29.8 Å². The molecule has 0 radical (unpaired) electrons. The Morgan fingerprint density at radius 1 is 1.26 bits per heavy atom. The van der Waals surface area contributed by atoms with E-state index in [0.717, 1.165) is 12.5 Å². The van der Waals surface area contributed by atoms with Gasteiger partial charge in [-0.25, -0.2) is 0 Å². The SMILES string of the molecule is c1cncc(CNC(c2cccs2)C2CCCC2)c1. The number of hydrogen-bond acceptors (Lipinski definition) is 3. The van der Waals surface area contributed by atoms with E-state index in [0.29, 0.717) is 6.04 Å². The van der Waals surface area contributed by atoms with E-state index in [1.165, 1.54) is 36.1 Å². The van der Waals surface area contributed by atoms with Crippen molar-refractivity contribution >= 4 is 11.3 Å². The first-order valence-electron chi connectivity index (χ1n) is 7.09. The van der Waals surface area contributed by atoms with E-state index in [-0.39, 0.29) is 0 Å². The van der Waals surface area contributed by atoms with Crippen molar-refractivity contribution in [1.29, 1.82) is 0 Å². The molecule has 2 heterocycles. The van der Waals surface area contributed by atoms with Gasteiger partial charge in [-0.2, -0.15) is 0 Å². The molecule has 0 aromatic carbocycles. The van der Waals surface area contributed by atoms with Gasteiger partial charge in [0, 0.05) is 29.9 Å². The maximum absolute atomic E-state index is 4.19. The molecule has 3 heteroatoms. The quantitative estimate of drug-likeness (QED) is 0.884. The lowest BCUT2D eigenvalue weighted by Crippen LogP contribution is -2.26. The Balaban J connectivity index is 1.69. The van der Waals surface area contributed by atoms with Crippen LogP contribution in [0, 0.1) is 5.92 Å². The van der Waals surface area contributed by atoms with Crippen molar-refractivity contribution in [2.24, 2.45) is 5.92 Å². The van der Waals surface area contributed by atoms with Crippen LogP contribution in [-0.2, 0) is 6.54 Å². The Morgan fingerprint density at radius 2 is 2.16 bits per heavy atom. The Kier molecular flexibility index (Phi) is 4.26. The van der Waals surface area contributed by atoms with Crippen molar-refractivity contribution in [2.45, 2.75) is 38.3 Å². The molecule has 100 valence electrons. The molecule has 2 aromatic rings. The second-order valence-corrected chi connectivity index (χ2v) is 6.26. The lowest BCUT2D eigenvalue weighted by molar-refractivity contribution is 0.371. The van der Waals surface area contributed by atoms with Crippen molar-refractivity contribution < 1.29 is 0 Å². The molecule has 19 heavy (non-hydrogen) atoms. The van der Waals surface area contributed by atoms with Crippen LogP contribution in [0.25, 0.3) is 0 Å². The van der Waals surface area contributed by atoms with Gasteiger partial charge in [-0.15, -0.1) is 11.3 Å². The average molecular weight is 272 g/mol. The van der Waals surface area contributed by atoms with Gasteiger partial charge >= 0.3 is 0 Å². The first kappa shape index (κ1) is 12.8. The van der Waals surface area contributed by atoms with Crippen LogP contribution >= 0.6 is 11.3 Å². The molecule has 1 aliphatic carbocycles. The average Bonchev–Trinajstić information content (AvgIpc) is 3.13. The van der Waals surface area contributed by atoms with Crippen LogP contribution < -0.4 is 5.32 Å². The molecule has 1 unspecified atom stereocenters. The first-order chi connectivity index (χ1) is 9.43. The van der Waals surface area contributed by atoms with Crippen molar-refractivity contribution in [3.63, 3.8) is 0 Å². The Bertz CT molecular complexity index is 475. The summed E-state index contributed by atoms with van der Waals surface area (Å²) in [6.07, 6.45) is 9.29. The molecule has 0 bridgehead atoms. The second-order valence-electron chi connectivity index (χ2n) is 5.28. The third kappa shape index (κ3) is 3.23. The molecule has 0 spiro atoms. The number of aromatic nitrogens is 1. The molecular weight excluding hydrogens is 252 g/mol. The summed E-state index contributed by atoms with van der Waals surface area (Å²) in [6.45, 7) is 0.910. The molecule has 3 rings (SSSR count). The number of nitrogens with zero attached hydrogens (tertiary/aromatic N) is 1. The molecule has 1 aliphatic rings. The Morgan fingerprint density at radius 3 is 2.84 bits per heavy atom. The normalized spacial score (nSPS) is 17.7. The second kappa shape index (κ2) is 6.31.